The lowest BCUT2D eigenvalue weighted by Gasteiger charge is -2.44. The highest BCUT2D eigenvalue weighted by Crippen LogP contribution is 2.60. The van der Waals surface area contributed by atoms with Crippen LogP contribution in [0.2, 0.25) is 0 Å². The van der Waals surface area contributed by atoms with Crippen LogP contribution in [-0.4, -0.2) is 17.1 Å². The van der Waals surface area contributed by atoms with Crippen molar-refractivity contribution in [3.05, 3.63) is 0 Å². The van der Waals surface area contributed by atoms with Crippen LogP contribution >= 0.6 is 0 Å². The maximum Gasteiger partial charge on any atom is 0.312 e. The van der Waals surface area contributed by atoms with Crippen molar-refractivity contribution in [3.8, 4) is 0 Å². The maximum atomic E-state index is 11.9. The molecule has 3 rings (SSSR count). The third-order valence-corrected chi connectivity index (χ3v) is 3.31. The van der Waals surface area contributed by atoms with E-state index in [9.17, 15) is 4.79 Å². The summed E-state index contributed by atoms with van der Waals surface area (Å²) in [5.41, 5.74) is 5.38. The molecule has 0 aromatic carbocycles. The van der Waals surface area contributed by atoms with E-state index in [0.717, 1.165) is 25.7 Å². The molecular formula is C11H19NO2. The SMILES string of the molecule is CC(C)(C)OC(=O)C12CCC(N)(C1)C2. The average molecular weight is 197 g/mol. The fourth-order valence-corrected chi connectivity index (χ4v) is 2.77. The molecule has 0 atom stereocenters. The number of carbonyl (C=O) groups is 1. The molecule has 0 aromatic heterocycles. The standard InChI is InChI=1S/C11H19NO2/c1-9(2,3)14-8(13)10-4-5-11(12,6-10)7-10/h4-7,12H2,1-3H3. The summed E-state index contributed by atoms with van der Waals surface area (Å²) < 4.78 is 5.41. The quantitative estimate of drug-likeness (QED) is 0.650. The van der Waals surface area contributed by atoms with E-state index >= 15 is 0 Å². The highest BCUT2D eigenvalue weighted by Gasteiger charge is 2.63. The molecule has 3 nitrogen and oxygen atoms in total. The van der Waals surface area contributed by atoms with Gasteiger partial charge >= 0.3 is 5.97 Å². The van der Waals surface area contributed by atoms with Crippen LogP contribution in [0.4, 0.5) is 0 Å². The Bertz CT molecular complexity index is 272. The monoisotopic (exact) mass is 197 g/mol. The summed E-state index contributed by atoms with van der Waals surface area (Å²) in [6.07, 6.45) is 3.55. The molecule has 2 bridgehead atoms. The fourth-order valence-electron chi connectivity index (χ4n) is 2.77. The van der Waals surface area contributed by atoms with E-state index in [1.165, 1.54) is 0 Å². The Kier molecular flexibility index (Phi) is 1.79. The minimum Gasteiger partial charge on any atom is -0.460 e. The maximum absolute atomic E-state index is 11.9. The Balaban J connectivity index is 2.01. The smallest absolute Gasteiger partial charge is 0.312 e. The predicted octanol–water partition coefficient (Wildman–Crippen LogP) is 1.60. The highest BCUT2D eigenvalue weighted by atomic mass is 16.6. The summed E-state index contributed by atoms with van der Waals surface area (Å²) in [6, 6.07) is 0. The van der Waals surface area contributed by atoms with E-state index in [1.54, 1.807) is 0 Å². The summed E-state index contributed by atoms with van der Waals surface area (Å²) in [5, 5.41) is 0. The summed E-state index contributed by atoms with van der Waals surface area (Å²) in [5.74, 6) is -0.0384. The summed E-state index contributed by atoms with van der Waals surface area (Å²) in [4.78, 5) is 11.9. The van der Waals surface area contributed by atoms with Crippen molar-refractivity contribution < 1.29 is 9.53 Å². The Morgan fingerprint density at radius 2 is 1.86 bits per heavy atom. The zero-order chi connectivity index (χ0) is 10.6. The first-order valence-corrected chi connectivity index (χ1v) is 5.27. The Labute approximate surface area is 85.0 Å². The second kappa shape index (κ2) is 2.51. The Hall–Kier alpha value is -0.570. The van der Waals surface area contributed by atoms with Crippen molar-refractivity contribution >= 4 is 5.97 Å². The summed E-state index contributed by atoms with van der Waals surface area (Å²) >= 11 is 0. The summed E-state index contributed by atoms with van der Waals surface area (Å²) in [7, 11) is 0. The van der Waals surface area contributed by atoms with Crippen LogP contribution in [0.25, 0.3) is 0 Å². The van der Waals surface area contributed by atoms with Gasteiger partial charge < -0.3 is 10.5 Å². The van der Waals surface area contributed by atoms with Gasteiger partial charge in [0.1, 0.15) is 5.60 Å². The first kappa shape index (κ1) is 9.97. The lowest BCUT2D eigenvalue weighted by atomic mass is 9.65. The van der Waals surface area contributed by atoms with Gasteiger partial charge in [-0.25, -0.2) is 0 Å². The number of ether oxygens (including phenoxy) is 1. The minimum atomic E-state index is -0.374. The number of hydrogen-bond acceptors (Lipinski definition) is 3. The summed E-state index contributed by atoms with van der Waals surface area (Å²) in [6.45, 7) is 5.72. The molecule has 3 saturated carbocycles. The van der Waals surface area contributed by atoms with Gasteiger partial charge in [0.25, 0.3) is 0 Å². The van der Waals surface area contributed by atoms with Crippen LogP contribution in [-0.2, 0) is 9.53 Å². The average Bonchev–Trinajstić information content (AvgIpc) is 2.37. The molecule has 0 saturated heterocycles. The third-order valence-electron chi connectivity index (χ3n) is 3.31. The molecular weight excluding hydrogens is 178 g/mol. The fraction of sp³-hybridized carbons (Fsp3) is 0.909. The Morgan fingerprint density at radius 3 is 2.21 bits per heavy atom. The van der Waals surface area contributed by atoms with E-state index in [2.05, 4.69) is 0 Å². The number of esters is 1. The van der Waals surface area contributed by atoms with Crippen LogP contribution in [0.15, 0.2) is 0 Å². The van der Waals surface area contributed by atoms with E-state index in [0.29, 0.717) is 0 Å². The molecule has 80 valence electrons. The normalized spacial score (nSPS) is 40.6. The molecule has 0 amide bonds. The van der Waals surface area contributed by atoms with E-state index in [4.69, 9.17) is 10.5 Å². The van der Waals surface area contributed by atoms with Crippen molar-refractivity contribution in [2.24, 2.45) is 11.1 Å². The molecule has 3 heteroatoms. The number of carbonyl (C=O) groups excluding carboxylic acids is 1. The second-order valence-corrected chi connectivity index (χ2v) is 6.00. The van der Waals surface area contributed by atoms with Crippen LogP contribution < -0.4 is 5.73 Å². The van der Waals surface area contributed by atoms with Crippen LogP contribution in [0, 0.1) is 5.41 Å². The second-order valence-electron chi connectivity index (χ2n) is 6.00. The van der Waals surface area contributed by atoms with Crippen molar-refractivity contribution in [2.45, 2.75) is 57.6 Å². The van der Waals surface area contributed by atoms with Gasteiger partial charge in [-0.3, -0.25) is 4.79 Å². The highest BCUT2D eigenvalue weighted by molar-refractivity contribution is 5.80. The van der Waals surface area contributed by atoms with Gasteiger partial charge in [-0.05, 0) is 46.5 Å². The van der Waals surface area contributed by atoms with Crippen LogP contribution in [0.3, 0.4) is 0 Å². The van der Waals surface area contributed by atoms with Gasteiger partial charge in [0.05, 0.1) is 5.41 Å². The zero-order valence-electron chi connectivity index (χ0n) is 9.22. The number of fused-ring (bicyclic) bond motifs is 1. The lowest BCUT2D eigenvalue weighted by molar-refractivity contribution is -0.172. The molecule has 0 unspecified atom stereocenters. The molecule has 14 heavy (non-hydrogen) atoms. The minimum absolute atomic E-state index is 0.0384. The predicted molar refractivity (Wildman–Crippen MR) is 53.7 cm³/mol. The van der Waals surface area contributed by atoms with Crippen molar-refractivity contribution in [2.75, 3.05) is 0 Å². The van der Waals surface area contributed by atoms with Gasteiger partial charge in [0, 0.05) is 5.54 Å². The molecule has 0 heterocycles. The number of hydrogen-bond donors (Lipinski definition) is 1. The molecule has 0 spiro atoms. The van der Waals surface area contributed by atoms with Crippen molar-refractivity contribution in [1.82, 2.24) is 0 Å². The van der Waals surface area contributed by atoms with Gasteiger partial charge in [0.2, 0.25) is 0 Å². The van der Waals surface area contributed by atoms with Crippen LogP contribution in [0.5, 0.6) is 0 Å². The van der Waals surface area contributed by atoms with E-state index < -0.39 is 0 Å². The number of rotatable bonds is 1. The molecule has 2 N–H and O–H groups in total. The molecule has 0 radical (unpaired) electrons. The van der Waals surface area contributed by atoms with Gasteiger partial charge in [-0.2, -0.15) is 0 Å². The molecule has 0 aromatic rings. The first-order chi connectivity index (χ1) is 6.25. The van der Waals surface area contributed by atoms with Gasteiger partial charge in [-0.15, -0.1) is 0 Å². The number of nitrogens with two attached hydrogens (primary N) is 1. The zero-order valence-corrected chi connectivity index (χ0v) is 9.22. The third kappa shape index (κ3) is 1.44. The van der Waals surface area contributed by atoms with Crippen molar-refractivity contribution in [1.29, 1.82) is 0 Å². The molecule has 3 aliphatic carbocycles. The van der Waals surface area contributed by atoms with E-state index in [1.807, 2.05) is 20.8 Å². The topological polar surface area (TPSA) is 52.3 Å². The first-order valence-electron chi connectivity index (χ1n) is 5.27. The molecule has 3 aliphatic rings. The molecule has 0 aliphatic heterocycles. The van der Waals surface area contributed by atoms with E-state index in [-0.39, 0.29) is 22.5 Å². The Morgan fingerprint density at radius 1 is 1.29 bits per heavy atom. The van der Waals surface area contributed by atoms with Gasteiger partial charge in [0.15, 0.2) is 0 Å². The lowest BCUT2D eigenvalue weighted by Crippen LogP contribution is -2.54. The van der Waals surface area contributed by atoms with Gasteiger partial charge in [-0.1, -0.05) is 0 Å². The van der Waals surface area contributed by atoms with Crippen molar-refractivity contribution in [3.63, 3.8) is 0 Å². The molecule has 3 fully saturated rings. The largest absolute Gasteiger partial charge is 0.460 e. The van der Waals surface area contributed by atoms with Crippen LogP contribution in [0.1, 0.15) is 46.5 Å².